The number of nitrogens with zero attached hydrogens (tertiary/aromatic N) is 2. The molecule has 0 aliphatic rings. The van der Waals surface area contributed by atoms with E-state index < -0.39 is 0 Å². The van der Waals surface area contributed by atoms with Crippen molar-refractivity contribution in [2.75, 3.05) is 6.61 Å². The lowest BCUT2D eigenvalue weighted by atomic mass is 10.2. The Balaban J connectivity index is 2.58. The molecule has 3 nitrogen and oxygen atoms in total. The minimum atomic E-state index is -0.357. The van der Waals surface area contributed by atoms with Crippen molar-refractivity contribution in [2.24, 2.45) is 0 Å². The molecule has 0 aliphatic heterocycles. The van der Waals surface area contributed by atoms with Crippen LogP contribution in [0.2, 0.25) is 0 Å². The van der Waals surface area contributed by atoms with Gasteiger partial charge in [0, 0.05) is 18.0 Å². The van der Waals surface area contributed by atoms with Gasteiger partial charge in [-0.25, -0.2) is 14.4 Å². The highest BCUT2D eigenvalue weighted by Crippen LogP contribution is 2.14. The van der Waals surface area contributed by atoms with E-state index >= 15 is 0 Å². The summed E-state index contributed by atoms with van der Waals surface area (Å²) in [6, 6.07) is 4.73. The van der Waals surface area contributed by atoms with Crippen molar-refractivity contribution in [3.8, 4) is 0 Å². The van der Waals surface area contributed by atoms with Gasteiger partial charge >= 0.3 is 0 Å². The average Bonchev–Trinajstić information content (AvgIpc) is 2.20. The SMILES string of the molecule is OCCc1ncc2cccc(F)c2n1. The molecular weight excluding hydrogens is 183 g/mol. The molecule has 2 aromatic rings. The summed E-state index contributed by atoms with van der Waals surface area (Å²) < 4.78 is 13.3. The number of hydrogen-bond donors (Lipinski definition) is 1. The summed E-state index contributed by atoms with van der Waals surface area (Å²) in [7, 11) is 0. The lowest BCUT2D eigenvalue weighted by Crippen LogP contribution is -1.99. The summed E-state index contributed by atoms with van der Waals surface area (Å²) in [5.74, 6) is 0.106. The standard InChI is InChI=1S/C10H9FN2O/c11-8-3-1-2-7-6-12-9(4-5-14)13-10(7)8/h1-3,6,14H,4-5H2. The van der Waals surface area contributed by atoms with Crippen LogP contribution in [-0.2, 0) is 6.42 Å². The van der Waals surface area contributed by atoms with Crippen molar-refractivity contribution in [1.82, 2.24) is 9.97 Å². The second kappa shape index (κ2) is 3.67. The zero-order valence-electron chi connectivity index (χ0n) is 7.44. The summed E-state index contributed by atoms with van der Waals surface area (Å²) in [5.41, 5.74) is 0.311. The summed E-state index contributed by atoms with van der Waals surface area (Å²) >= 11 is 0. The Morgan fingerprint density at radius 2 is 2.21 bits per heavy atom. The maximum absolute atomic E-state index is 13.3. The number of aliphatic hydroxyl groups is 1. The maximum Gasteiger partial charge on any atom is 0.149 e. The summed E-state index contributed by atoms with van der Waals surface area (Å²) in [5, 5.41) is 9.36. The number of aromatic nitrogens is 2. The van der Waals surface area contributed by atoms with Crippen molar-refractivity contribution in [1.29, 1.82) is 0 Å². The predicted molar refractivity (Wildman–Crippen MR) is 50.3 cm³/mol. The van der Waals surface area contributed by atoms with Crippen LogP contribution in [0.5, 0.6) is 0 Å². The van der Waals surface area contributed by atoms with E-state index in [0.717, 1.165) is 0 Å². The van der Waals surface area contributed by atoms with Gasteiger partial charge < -0.3 is 5.11 Å². The lowest BCUT2D eigenvalue weighted by Gasteiger charge is -2.00. The predicted octanol–water partition coefficient (Wildman–Crippen LogP) is 1.30. The zero-order chi connectivity index (χ0) is 9.97. The number of para-hydroxylation sites is 1. The number of halogens is 1. The molecule has 1 heterocycles. The van der Waals surface area contributed by atoms with Crippen molar-refractivity contribution in [3.63, 3.8) is 0 Å². The van der Waals surface area contributed by atoms with Crippen LogP contribution in [0.1, 0.15) is 5.82 Å². The molecule has 0 radical (unpaired) electrons. The Hall–Kier alpha value is -1.55. The highest BCUT2D eigenvalue weighted by molar-refractivity contribution is 5.77. The smallest absolute Gasteiger partial charge is 0.149 e. The lowest BCUT2D eigenvalue weighted by molar-refractivity contribution is 0.296. The first-order valence-corrected chi connectivity index (χ1v) is 4.32. The van der Waals surface area contributed by atoms with Crippen LogP contribution < -0.4 is 0 Å². The van der Waals surface area contributed by atoms with E-state index in [1.54, 1.807) is 18.3 Å². The first-order valence-electron chi connectivity index (χ1n) is 4.32. The summed E-state index contributed by atoms with van der Waals surface area (Å²) in [6.45, 7) is -0.0278. The van der Waals surface area contributed by atoms with Crippen molar-refractivity contribution >= 4 is 10.9 Å². The van der Waals surface area contributed by atoms with Gasteiger partial charge in [-0.1, -0.05) is 12.1 Å². The molecule has 1 aromatic heterocycles. The summed E-state index contributed by atoms with van der Waals surface area (Å²) in [6.07, 6.45) is 1.92. The minimum Gasteiger partial charge on any atom is -0.396 e. The van der Waals surface area contributed by atoms with Gasteiger partial charge in [-0.15, -0.1) is 0 Å². The van der Waals surface area contributed by atoms with E-state index in [1.807, 2.05) is 0 Å². The minimum absolute atomic E-state index is 0.0278. The van der Waals surface area contributed by atoms with Gasteiger partial charge in [0.1, 0.15) is 17.2 Å². The summed E-state index contributed by atoms with van der Waals surface area (Å²) in [4.78, 5) is 8.02. The Labute approximate surface area is 80.2 Å². The molecule has 0 aliphatic carbocycles. The number of benzene rings is 1. The molecule has 2 rings (SSSR count). The van der Waals surface area contributed by atoms with Crippen LogP contribution in [0.3, 0.4) is 0 Å². The van der Waals surface area contributed by atoms with Crippen LogP contribution >= 0.6 is 0 Å². The van der Waals surface area contributed by atoms with E-state index in [4.69, 9.17) is 5.11 Å². The molecule has 0 bridgehead atoms. The molecule has 1 aromatic carbocycles. The second-order valence-electron chi connectivity index (χ2n) is 2.94. The van der Waals surface area contributed by atoms with Gasteiger partial charge in [0.25, 0.3) is 0 Å². The molecule has 4 heteroatoms. The van der Waals surface area contributed by atoms with Crippen LogP contribution in [0.25, 0.3) is 10.9 Å². The first-order chi connectivity index (χ1) is 6.81. The third-order valence-electron chi connectivity index (χ3n) is 1.95. The number of rotatable bonds is 2. The first kappa shape index (κ1) is 9.02. The molecule has 0 fully saturated rings. The Bertz CT molecular complexity index is 459. The quantitative estimate of drug-likeness (QED) is 0.780. The molecule has 0 atom stereocenters. The number of fused-ring (bicyclic) bond motifs is 1. The molecule has 0 unspecified atom stereocenters. The normalized spacial score (nSPS) is 10.7. The van der Waals surface area contributed by atoms with Crippen molar-refractivity contribution in [3.05, 3.63) is 36.0 Å². The highest BCUT2D eigenvalue weighted by Gasteiger charge is 2.03. The van der Waals surface area contributed by atoms with Gasteiger partial charge in [-0.2, -0.15) is 0 Å². The van der Waals surface area contributed by atoms with E-state index in [2.05, 4.69) is 9.97 Å². The van der Waals surface area contributed by atoms with Crippen LogP contribution in [0, 0.1) is 5.82 Å². The van der Waals surface area contributed by atoms with Gasteiger partial charge in [-0.3, -0.25) is 0 Å². The zero-order valence-corrected chi connectivity index (χ0v) is 7.44. The van der Waals surface area contributed by atoms with Crippen molar-refractivity contribution in [2.45, 2.75) is 6.42 Å². The molecule has 0 saturated carbocycles. The second-order valence-corrected chi connectivity index (χ2v) is 2.94. The van der Waals surface area contributed by atoms with Crippen LogP contribution in [-0.4, -0.2) is 21.7 Å². The average molecular weight is 192 g/mol. The molecule has 1 N–H and O–H groups in total. The molecule has 0 spiro atoms. The fourth-order valence-corrected chi connectivity index (χ4v) is 1.28. The fourth-order valence-electron chi connectivity index (χ4n) is 1.28. The number of aliphatic hydroxyl groups excluding tert-OH is 1. The van der Waals surface area contributed by atoms with E-state index in [-0.39, 0.29) is 12.4 Å². The molecule has 72 valence electrons. The molecule has 0 amide bonds. The van der Waals surface area contributed by atoms with Crippen LogP contribution in [0.15, 0.2) is 24.4 Å². The van der Waals surface area contributed by atoms with Gasteiger partial charge in [-0.05, 0) is 6.07 Å². The largest absolute Gasteiger partial charge is 0.396 e. The fraction of sp³-hybridized carbons (Fsp3) is 0.200. The number of hydrogen-bond acceptors (Lipinski definition) is 3. The Morgan fingerprint density at radius 1 is 1.36 bits per heavy atom. The molecular formula is C10H9FN2O. The van der Waals surface area contributed by atoms with E-state index in [0.29, 0.717) is 23.1 Å². The Morgan fingerprint density at radius 3 is 3.00 bits per heavy atom. The third kappa shape index (κ3) is 1.56. The topological polar surface area (TPSA) is 46.0 Å². The monoisotopic (exact) mass is 192 g/mol. The van der Waals surface area contributed by atoms with Crippen molar-refractivity contribution < 1.29 is 9.50 Å². The maximum atomic E-state index is 13.3. The molecule has 14 heavy (non-hydrogen) atoms. The van der Waals surface area contributed by atoms with E-state index in [9.17, 15) is 4.39 Å². The van der Waals surface area contributed by atoms with Gasteiger partial charge in [0.05, 0.1) is 6.61 Å². The van der Waals surface area contributed by atoms with E-state index in [1.165, 1.54) is 6.07 Å². The highest BCUT2D eigenvalue weighted by atomic mass is 19.1. The van der Waals surface area contributed by atoms with Gasteiger partial charge in [0.15, 0.2) is 0 Å². The Kier molecular flexibility index (Phi) is 2.37. The van der Waals surface area contributed by atoms with Gasteiger partial charge in [0.2, 0.25) is 0 Å². The molecule has 0 saturated heterocycles. The third-order valence-corrected chi connectivity index (χ3v) is 1.95. The van der Waals surface area contributed by atoms with Crippen LogP contribution in [0.4, 0.5) is 4.39 Å².